The fraction of sp³-hybridized carbons (Fsp3) is 0.556. The number of likely N-dealkylation sites (tertiary alicyclic amines) is 1. The lowest BCUT2D eigenvalue weighted by molar-refractivity contribution is -0.140. The van der Waals surface area contributed by atoms with Crippen molar-refractivity contribution in [3.8, 4) is 0 Å². The summed E-state index contributed by atoms with van der Waals surface area (Å²) in [5.41, 5.74) is 5.15. The zero-order valence-electron chi connectivity index (χ0n) is 13.3. The van der Waals surface area contributed by atoms with Crippen LogP contribution in [-0.4, -0.2) is 29.8 Å². The molecule has 1 aliphatic carbocycles. The maximum absolute atomic E-state index is 14.3. The minimum Gasteiger partial charge on any atom is -0.369 e. The molecule has 23 heavy (non-hydrogen) atoms. The Morgan fingerprint density at radius 3 is 2.30 bits per heavy atom. The molecular weight excluding hydrogens is 295 g/mol. The molecule has 2 aliphatic rings. The number of hydrogen-bond acceptors (Lipinski definition) is 2. The van der Waals surface area contributed by atoms with E-state index in [-0.39, 0.29) is 23.5 Å². The first kappa shape index (κ1) is 16.0. The third-order valence-electron chi connectivity index (χ3n) is 5.44. The molecule has 1 aliphatic heterocycles. The van der Waals surface area contributed by atoms with Crippen molar-refractivity contribution in [1.82, 2.24) is 4.90 Å². The molecule has 0 aromatic heterocycles. The van der Waals surface area contributed by atoms with Gasteiger partial charge in [0.05, 0.1) is 5.41 Å². The standard InChI is InChI=1S/C18H23FN2O2/c19-15-6-2-1-5-14(15)18(9-3-4-10-18)17(23)21-11-7-13(8-12-21)16(20)22/h1-2,5-6,13H,3-4,7-12H2,(H2,20,22). The summed E-state index contributed by atoms with van der Waals surface area (Å²) in [5.74, 6) is -0.716. The van der Waals surface area contributed by atoms with Gasteiger partial charge in [-0.15, -0.1) is 0 Å². The van der Waals surface area contributed by atoms with E-state index in [0.29, 0.717) is 44.3 Å². The molecule has 3 rings (SSSR count). The largest absolute Gasteiger partial charge is 0.369 e. The number of amides is 2. The van der Waals surface area contributed by atoms with Gasteiger partial charge < -0.3 is 10.6 Å². The average Bonchev–Trinajstić information content (AvgIpc) is 3.05. The molecule has 1 saturated carbocycles. The quantitative estimate of drug-likeness (QED) is 0.930. The number of benzene rings is 1. The highest BCUT2D eigenvalue weighted by molar-refractivity contribution is 5.89. The highest BCUT2D eigenvalue weighted by Gasteiger charge is 2.46. The summed E-state index contributed by atoms with van der Waals surface area (Å²) in [6.07, 6.45) is 4.49. The maximum Gasteiger partial charge on any atom is 0.233 e. The van der Waals surface area contributed by atoms with E-state index in [4.69, 9.17) is 5.73 Å². The van der Waals surface area contributed by atoms with Crippen LogP contribution in [0.2, 0.25) is 0 Å². The van der Waals surface area contributed by atoms with Gasteiger partial charge in [0, 0.05) is 24.6 Å². The summed E-state index contributed by atoms with van der Waals surface area (Å²) in [4.78, 5) is 26.3. The Morgan fingerprint density at radius 2 is 1.74 bits per heavy atom. The van der Waals surface area contributed by atoms with Gasteiger partial charge in [-0.2, -0.15) is 0 Å². The summed E-state index contributed by atoms with van der Waals surface area (Å²) in [6, 6.07) is 6.63. The molecule has 4 nitrogen and oxygen atoms in total. The van der Waals surface area contributed by atoms with E-state index >= 15 is 0 Å². The minimum atomic E-state index is -0.731. The predicted molar refractivity (Wildman–Crippen MR) is 85.0 cm³/mol. The lowest BCUT2D eigenvalue weighted by Gasteiger charge is -2.38. The van der Waals surface area contributed by atoms with E-state index in [1.165, 1.54) is 6.07 Å². The van der Waals surface area contributed by atoms with Crippen molar-refractivity contribution in [1.29, 1.82) is 0 Å². The second kappa shape index (κ2) is 6.30. The minimum absolute atomic E-state index is 0.0167. The van der Waals surface area contributed by atoms with Crippen LogP contribution in [0.1, 0.15) is 44.1 Å². The van der Waals surface area contributed by atoms with Crippen LogP contribution in [0.4, 0.5) is 4.39 Å². The predicted octanol–water partition coefficient (Wildman–Crippen LogP) is 2.36. The van der Waals surface area contributed by atoms with Gasteiger partial charge in [-0.25, -0.2) is 4.39 Å². The maximum atomic E-state index is 14.3. The Morgan fingerprint density at radius 1 is 1.13 bits per heavy atom. The van der Waals surface area contributed by atoms with Crippen molar-refractivity contribution in [2.24, 2.45) is 11.7 Å². The highest BCUT2D eigenvalue weighted by atomic mass is 19.1. The Hall–Kier alpha value is -1.91. The first-order chi connectivity index (χ1) is 11.0. The van der Waals surface area contributed by atoms with Gasteiger partial charge in [-0.05, 0) is 31.7 Å². The van der Waals surface area contributed by atoms with E-state index in [1.54, 1.807) is 23.1 Å². The molecule has 0 bridgehead atoms. The lowest BCUT2D eigenvalue weighted by atomic mass is 9.76. The van der Waals surface area contributed by atoms with Crippen LogP contribution in [0.15, 0.2) is 24.3 Å². The van der Waals surface area contributed by atoms with Gasteiger partial charge in [0.2, 0.25) is 11.8 Å². The number of nitrogens with two attached hydrogens (primary N) is 1. The molecule has 1 heterocycles. The zero-order chi connectivity index (χ0) is 16.4. The Bertz CT molecular complexity index is 603. The summed E-state index contributed by atoms with van der Waals surface area (Å²) >= 11 is 0. The molecular formula is C18H23FN2O2. The van der Waals surface area contributed by atoms with Crippen LogP contribution in [-0.2, 0) is 15.0 Å². The Labute approximate surface area is 135 Å². The molecule has 0 unspecified atom stereocenters. The Kier molecular flexibility index (Phi) is 4.37. The van der Waals surface area contributed by atoms with Gasteiger partial charge in [0.25, 0.3) is 0 Å². The number of nitrogens with zero attached hydrogens (tertiary/aromatic N) is 1. The molecule has 1 aromatic rings. The molecule has 0 atom stereocenters. The van der Waals surface area contributed by atoms with Crippen LogP contribution in [0.3, 0.4) is 0 Å². The number of piperidine rings is 1. The number of rotatable bonds is 3. The van der Waals surface area contributed by atoms with Crippen LogP contribution in [0.5, 0.6) is 0 Å². The first-order valence-electron chi connectivity index (χ1n) is 8.38. The van der Waals surface area contributed by atoms with E-state index < -0.39 is 5.41 Å². The molecule has 0 radical (unpaired) electrons. The van der Waals surface area contributed by atoms with Crippen molar-refractivity contribution in [2.75, 3.05) is 13.1 Å². The fourth-order valence-corrected chi connectivity index (χ4v) is 4.10. The van der Waals surface area contributed by atoms with Crippen LogP contribution < -0.4 is 5.73 Å². The monoisotopic (exact) mass is 318 g/mol. The lowest BCUT2D eigenvalue weighted by Crippen LogP contribution is -2.50. The first-order valence-corrected chi connectivity index (χ1v) is 8.38. The van der Waals surface area contributed by atoms with E-state index in [1.807, 2.05) is 0 Å². The van der Waals surface area contributed by atoms with Gasteiger partial charge in [0.1, 0.15) is 5.82 Å². The number of halogens is 1. The van der Waals surface area contributed by atoms with E-state index in [0.717, 1.165) is 12.8 Å². The van der Waals surface area contributed by atoms with Crippen molar-refractivity contribution in [3.63, 3.8) is 0 Å². The van der Waals surface area contributed by atoms with Crippen molar-refractivity contribution in [2.45, 2.75) is 43.9 Å². The zero-order valence-corrected chi connectivity index (χ0v) is 13.3. The molecule has 1 saturated heterocycles. The third kappa shape index (κ3) is 2.84. The van der Waals surface area contributed by atoms with Crippen molar-refractivity contribution >= 4 is 11.8 Å². The molecule has 0 spiro atoms. The second-order valence-electron chi connectivity index (χ2n) is 6.74. The molecule has 2 N–H and O–H groups in total. The fourth-order valence-electron chi connectivity index (χ4n) is 4.10. The molecule has 1 aromatic carbocycles. The van der Waals surface area contributed by atoms with E-state index in [2.05, 4.69) is 0 Å². The van der Waals surface area contributed by atoms with Crippen molar-refractivity contribution < 1.29 is 14.0 Å². The molecule has 124 valence electrons. The third-order valence-corrected chi connectivity index (χ3v) is 5.44. The summed E-state index contributed by atoms with van der Waals surface area (Å²) in [7, 11) is 0. The highest BCUT2D eigenvalue weighted by Crippen LogP contribution is 2.44. The van der Waals surface area contributed by atoms with Gasteiger partial charge in [0.15, 0.2) is 0 Å². The Balaban J connectivity index is 1.84. The normalized spacial score (nSPS) is 21.3. The number of carbonyl (C=O) groups excluding carboxylic acids is 2. The second-order valence-corrected chi connectivity index (χ2v) is 6.74. The topological polar surface area (TPSA) is 63.4 Å². The van der Waals surface area contributed by atoms with Gasteiger partial charge >= 0.3 is 0 Å². The van der Waals surface area contributed by atoms with Crippen molar-refractivity contribution in [3.05, 3.63) is 35.6 Å². The molecule has 2 fully saturated rings. The van der Waals surface area contributed by atoms with Crippen LogP contribution in [0, 0.1) is 11.7 Å². The number of carbonyl (C=O) groups is 2. The van der Waals surface area contributed by atoms with Crippen LogP contribution >= 0.6 is 0 Å². The molecule has 2 amide bonds. The van der Waals surface area contributed by atoms with Crippen LogP contribution in [0.25, 0.3) is 0 Å². The van der Waals surface area contributed by atoms with E-state index in [9.17, 15) is 14.0 Å². The average molecular weight is 318 g/mol. The SMILES string of the molecule is NC(=O)C1CCN(C(=O)C2(c3ccccc3F)CCCC2)CC1. The smallest absolute Gasteiger partial charge is 0.233 e. The van der Waals surface area contributed by atoms with Gasteiger partial charge in [-0.1, -0.05) is 31.0 Å². The number of primary amides is 1. The summed E-state index contributed by atoms with van der Waals surface area (Å²) in [5, 5.41) is 0. The molecule has 5 heteroatoms. The van der Waals surface area contributed by atoms with Gasteiger partial charge in [-0.3, -0.25) is 9.59 Å². The summed E-state index contributed by atoms with van der Waals surface area (Å²) in [6.45, 7) is 1.06. The number of hydrogen-bond donors (Lipinski definition) is 1. The summed E-state index contributed by atoms with van der Waals surface area (Å²) < 4.78 is 14.3.